The summed E-state index contributed by atoms with van der Waals surface area (Å²) in [5.74, 6) is -2.06. The summed E-state index contributed by atoms with van der Waals surface area (Å²) in [6.45, 7) is 0. The Bertz CT molecular complexity index is 4770. The molecule has 0 aliphatic heterocycles. The highest BCUT2D eigenvalue weighted by Crippen LogP contribution is 2.49. The van der Waals surface area contributed by atoms with Gasteiger partial charge in [0.15, 0.2) is 11.5 Å². The number of phenols is 2. The molecule has 12 N–H and O–H groups in total. The number of benzene rings is 8. The summed E-state index contributed by atoms with van der Waals surface area (Å²) >= 11 is 0. The van der Waals surface area contributed by atoms with Crippen molar-refractivity contribution in [3.63, 3.8) is 0 Å². The van der Waals surface area contributed by atoms with Crippen LogP contribution in [0.4, 0.5) is 56.9 Å². The molecule has 8 rings (SSSR count). The van der Waals surface area contributed by atoms with E-state index in [4.69, 9.17) is 20.9 Å². The highest BCUT2D eigenvalue weighted by molar-refractivity contribution is 7.87. The van der Waals surface area contributed by atoms with Crippen LogP contribution in [0.5, 0.6) is 23.0 Å². The van der Waals surface area contributed by atoms with Crippen LogP contribution in [0.3, 0.4) is 0 Å². The van der Waals surface area contributed by atoms with Crippen LogP contribution < -0.4 is 20.9 Å². The Balaban J connectivity index is 1.13. The number of nitrogens with two attached hydrogens (primary N) is 2. The van der Waals surface area contributed by atoms with Crippen LogP contribution in [0.1, 0.15) is 11.1 Å². The van der Waals surface area contributed by atoms with Crippen molar-refractivity contribution in [1.82, 2.24) is 0 Å². The third-order valence-electron chi connectivity index (χ3n) is 11.9. The fraction of sp³-hybridized carbons (Fsp3) is 0.0417. The number of hydrogen-bond acceptors (Lipinski definition) is 26. The number of methoxy groups -OCH3 is 2. The second-order valence-corrected chi connectivity index (χ2v) is 25.8. The number of fused-ring (bicyclic) bond motifs is 2. The Hall–Kier alpha value is -9.32. The van der Waals surface area contributed by atoms with E-state index in [1.165, 1.54) is 50.6 Å². The maximum atomic E-state index is 12.8. The molecule has 0 amide bonds. The zero-order valence-electron chi connectivity index (χ0n) is 43.0. The average molecular weight is 1300 g/mol. The van der Waals surface area contributed by atoms with Crippen LogP contribution >= 0.6 is 0 Å². The molecule has 448 valence electrons. The van der Waals surface area contributed by atoms with E-state index in [0.29, 0.717) is 12.1 Å². The molecule has 0 spiro atoms. The predicted octanol–water partition coefficient (Wildman–Crippen LogP) is 9.90. The van der Waals surface area contributed by atoms with Gasteiger partial charge in [-0.05, 0) is 96.1 Å². The van der Waals surface area contributed by atoms with Crippen molar-refractivity contribution >= 4 is 151 Å². The second-order valence-electron chi connectivity index (χ2n) is 17.4. The van der Waals surface area contributed by atoms with Gasteiger partial charge < -0.3 is 31.2 Å². The van der Waals surface area contributed by atoms with Crippen molar-refractivity contribution in [1.29, 1.82) is 0 Å². The van der Waals surface area contributed by atoms with Crippen molar-refractivity contribution < 1.29 is 97.5 Å². The van der Waals surface area contributed by atoms with E-state index in [1.807, 2.05) is 0 Å². The number of nitrogens with zero attached hydrogens (tertiary/aromatic N) is 8. The second kappa shape index (κ2) is 23.3. The Kier molecular flexibility index (Phi) is 17.0. The van der Waals surface area contributed by atoms with Gasteiger partial charge in [0.2, 0.25) is 0 Å². The van der Waals surface area contributed by atoms with E-state index in [1.54, 1.807) is 0 Å². The van der Waals surface area contributed by atoms with Crippen molar-refractivity contribution in [2.24, 2.45) is 40.9 Å². The first-order chi connectivity index (χ1) is 40.0. The molecule has 0 saturated heterocycles. The smallest absolute Gasteiger partial charge is 0.296 e. The molecule has 8 aromatic rings. The third kappa shape index (κ3) is 13.4. The lowest BCUT2D eigenvalue weighted by molar-refractivity contribution is 0.412. The van der Waals surface area contributed by atoms with Crippen LogP contribution in [-0.4, -0.2) is 102 Å². The molecular weight excluding hydrogens is 1260 g/mol. The summed E-state index contributed by atoms with van der Waals surface area (Å²) in [5.41, 5.74) is 6.72. The molecule has 0 fully saturated rings. The molecule has 0 radical (unpaired) electrons. The zero-order valence-corrected chi connectivity index (χ0v) is 47.9. The van der Waals surface area contributed by atoms with Crippen LogP contribution in [0, 0.1) is 0 Å². The summed E-state index contributed by atoms with van der Waals surface area (Å²) in [5, 5.41) is 52.1. The fourth-order valence-electron chi connectivity index (χ4n) is 8.03. The number of hydrogen-bond donors (Lipinski definition) is 10. The van der Waals surface area contributed by atoms with Gasteiger partial charge in [-0.2, -0.15) is 60.7 Å². The van der Waals surface area contributed by atoms with Gasteiger partial charge in [0.25, 0.3) is 60.7 Å². The van der Waals surface area contributed by atoms with Crippen molar-refractivity contribution in [3.8, 4) is 23.0 Å². The Labute approximate surface area is 485 Å². The van der Waals surface area contributed by atoms with Gasteiger partial charge in [-0.15, -0.1) is 30.7 Å². The van der Waals surface area contributed by atoms with Gasteiger partial charge in [-0.25, -0.2) is 0 Å². The predicted molar refractivity (Wildman–Crippen MR) is 303 cm³/mol. The Morgan fingerprint density at radius 1 is 0.360 bits per heavy atom. The molecule has 32 nitrogen and oxygen atoms in total. The lowest BCUT2D eigenvalue weighted by Gasteiger charge is -2.12. The summed E-state index contributed by atoms with van der Waals surface area (Å²) in [7, 11) is -28.6. The molecule has 86 heavy (non-hydrogen) atoms. The molecule has 0 aromatic heterocycles. The Morgan fingerprint density at radius 2 is 0.674 bits per heavy atom. The molecule has 0 aliphatic rings. The van der Waals surface area contributed by atoms with Gasteiger partial charge in [0.1, 0.15) is 63.6 Å². The third-order valence-corrected chi connectivity index (χ3v) is 17.3. The van der Waals surface area contributed by atoms with E-state index < -0.39 is 147 Å². The Morgan fingerprint density at radius 3 is 0.988 bits per heavy atom. The highest BCUT2D eigenvalue weighted by Gasteiger charge is 2.28. The monoisotopic (exact) mass is 1300 g/mol. The van der Waals surface area contributed by atoms with Crippen molar-refractivity contribution in [3.05, 3.63) is 120 Å². The number of ether oxygens (including phenoxy) is 2. The lowest BCUT2D eigenvalue weighted by Crippen LogP contribution is -2.02. The summed E-state index contributed by atoms with van der Waals surface area (Å²) in [6, 6.07) is 18.3. The fourth-order valence-corrected chi connectivity index (χ4v) is 12.0. The van der Waals surface area contributed by atoms with Crippen LogP contribution in [-0.2, 0) is 60.7 Å². The van der Waals surface area contributed by atoms with E-state index in [-0.39, 0.29) is 55.8 Å². The molecule has 0 saturated carbocycles. The maximum absolute atomic E-state index is 12.8. The topological polar surface area (TPSA) is 536 Å². The first kappa shape index (κ1) is 62.7. The summed E-state index contributed by atoms with van der Waals surface area (Å²) in [4.78, 5) is -5.61. The average Bonchev–Trinajstić information content (AvgIpc) is 1.03. The van der Waals surface area contributed by atoms with Gasteiger partial charge in [-0.1, -0.05) is 24.3 Å². The van der Waals surface area contributed by atoms with E-state index in [2.05, 4.69) is 40.9 Å². The number of phenolic OH excluding ortho intramolecular Hbond substituents is 2. The molecule has 8 aromatic carbocycles. The maximum Gasteiger partial charge on any atom is 0.296 e. The summed E-state index contributed by atoms with van der Waals surface area (Å²) in [6.07, 6.45) is 1.87. The van der Waals surface area contributed by atoms with Crippen molar-refractivity contribution in [2.75, 3.05) is 25.7 Å². The van der Waals surface area contributed by atoms with Gasteiger partial charge in [0, 0.05) is 34.3 Å². The standard InChI is InChI=1S/C48H38N10O22S6/c1-79-27-9-13-35(39(19-27)83(67,68)69)55-53-33-15-11-31(49)43-29(33)21-41(85(73,74)75)45(47(43)59)57-51-25-7-5-23(37(17-25)81(61,62)63)3-4-24-6-8-26(18-38(24)82(64,65)66)52-58-46-42(86(76,77)78)22-30-34(16-12-32(50)44(30)48(46)60)54-56-36-14-10-28(80-2)20-40(36)84(70,71)72/h3-22,59-60H,49-50H2,1-2H3,(H,61,62,63)(H,64,65,66)(H,67,68,69)(H,70,71,72)(H,73,74,75)(H,76,77,78)/b4-3+,55-53?,56-54?,57-51?,58-52?. The molecule has 0 atom stereocenters. The highest BCUT2D eigenvalue weighted by atomic mass is 32.2. The SMILES string of the molecule is COc1ccc(N=Nc2ccc(N)c3c(O)c(N=Nc4ccc(/C=C/c5ccc(N=Nc6c(S(=O)(=O)O)cc7c(N=Nc8ccc(OC)cc8S(=O)(=O)O)ccc(N)c7c6O)cc5S(=O)(=O)O)c(S(=O)(=O)O)c4)c(S(=O)(=O)O)cc23)c(S(=O)(=O)O)c1. The van der Waals surface area contributed by atoms with Crippen molar-refractivity contribution in [2.45, 2.75) is 29.4 Å². The molecule has 0 aliphatic carbocycles. The minimum atomic E-state index is -5.36. The minimum Gasteiger partial charge on any atom is -0.505 e. The first-order valence-corrected chi connectivity index (χ1v) is 31.6. The van der Waals surface area contributed by atoms with Gasteiger partial charge >= 0.3 is 0 Å². The number of anilines is 2. The molecule has 0 heterocycles. The van der Waals surface area contributed by atoms with E-state index >= 15 is 0 Å². The van der Waals surface area contributed by atoms with Crippen LogP contribution in [0.15, 0.2) is 179 Å². The van der Waals surface area contributed by atoms with Crippen LogP contribution in [0.25, 0.3) is 33.7 Å². The molecule has 38 heteroatoms. The van der Waals surface area contributed by atoms with Crippen LogP contribution in [0.2, 0.25) is 0 Å². The normalized spacial score (nSPS) is 13.2. The molecule has 0 bridgehead atoms. The first-order valence-electron chi connectivity index (χ1n) is 23.0. The quantitative estimate of drug-likeness (QED) is 0.0165. The number of rotatable bonds is 18. The molecular formula is C48H38N10O22S6. The van der Waals surface area contributed by atoms with E-state index in [0.717, 1.165) is 72.8 Å². The number of nitrogen functional groups attached to an aromatic ring is 2. The van der Waals surface area contributed by atoms with Gasteiger partial charge in [-0.3, -0.25) is 27.3 Å². The lowest BCUT2D eigenvalue weighted by atomic mass is 10.0. The van der Waals surface area contributed by atoms with E-state index in [9.17, 15) is 88.0 Å². The number of azo groups is 4. The summed E-state index contributed by atoms with van der Waals surface area (Å²) < 4.78 is 221. The molecule has 0 unspecified atom stereocenters. The zero-order chi connectivity index (χ0) is 63.2. The number of aromatic hydroxyl groups is 2. The van der Waals surface area contributed by atoms with Gasteiger partial charge in [0.05, 0.1) is 47.7 Å². The largest absolute Gasteiger partial charge is 0.505 e. The minimum absolute atomic E-state index is 0.0149.